The Kier molecular flexibility index (Phi) is 9.76. The Bertz CT molecular complexity index is 201. The van der Waals surface area contributed by atoms with E-state index < -0.39 is 5.97 Å². The summed E-state index contributed by atoms with van der Waals surface area (Å²) >= 11 is 0. The number of rotatable bonds is 10. The number of aliphatic carboxylic acids is 1. The first-order chi connectivity index (χ1) is 7.66. The highest BCUT2D eigenvalue weighted by Crippen LogP contribution is 2.07. The van der Waals surface area contributed by atoms with Gasteiger partial charge < -0.3 is 9.84 Å². The summed E-state index contributed by atoms with van der Waals surface area (Å²) in [4.78, 5) is 21.3. The molecule has 0 radical (unpaired) electrons. The molecule has 0 aliphatic heterocycles. The van der Waals surface area contributed by atoms with Gasteiger partial charge in [0.05, 0.1) is 6.61 Å². The van der Waals surface area contributed by atoms with E-state index in [-0.39, 0.29) is 12.4 Å². The van der Waals surface area contributed by atoms with Crippen molar-refractivity contribution < 1.29 is 19.4 Å². The lowest BCUT2D eigenvalue weighted by Crippen LogP contribution is -2.04. The molecule has 0 aromatic heterocycles. The van der Waals surface area contributed by atoms with E-state index >= 15 is 0 Å². The number of esters is 1. The number of hydrogen-bond donors (Lipinski definition) is 1. The van der Waals surface area contributed by atoms with Crippen molar-refractivity contribution >= 4 is 11.9 Å². The number of unbranched alkanes of at least 4 members (excludes halogenated alkanes) is 4. The van der Waals surface area contributed by atoms with Crippen LogP contribution in [0.2, 0.25) is 0 Å². The van der Waals surface area contributed by atoms with E-state index in [1.54, 1.807) is 0 Å². The van der Waals surface area contributed by atoms with Gasteiger partial charge in [-0.15, -0.1) is 0 Å². The Morgan fingerprint density at radius 1 is 1.00 bits per heavy atom. The van der Waals surface area contributed by atoms with Gasteiger partial charge in [0.25, 0.3) is 0 Å². The zero-order chi connectivity index (χ0) is 12.2. The van der Waals surface area contributed by atoms with Crippen molar-refractivity contribution in [1.82, 2.24) is 0 Å². The van der Waals surface area contributed by atoms with E-state index in [1.807, 2.05) is 6.92 Å². The normalized spacial score (nSPS) is 10.1. The second kappa shape index (κ2) is 10.5. The Morgan fingerprint density at radius 2 is 1.56 bits per heavy atom. The number of carbonyl (C=O) groups excluding carboxylic acids is 1. The van der Waals surface area contributed by atoms with Crippen molar-refractivity contribution in [2.45, 2.75) is 58.3 Å². The first-order valence-corrected chi connectivity index (χ1v) is 6.04. The summed E-state index contributed by atoms with van der Waals surface area (Å²) < 4.78 is 4.93. The zero-order valence-electron chi connectivity index (χ0n) is 10.0. The van der Waals surface area contributed by atoms with Gasteiger partial charge in [-0.1, -0.05) is 26.2 Å². The average molecular weight is 230 g/mol. The molecule has 4 heteroatoms. The topological polar surface area (TPSA) is 63.6 Å². The Balaban J connectivity index is 3.14. The highest BCUT2D eigenvalue weighted by atomic mass is 16.5. The number of carboxylic acid groups (broad SMARTS) is 1. The molecule has 16 heavy (non-hydrogen) atoms. The van der Waals surface area contributed by atoms with Crippen LogP contribution in [0.15, 0.2) is 0 Å². The minimum atomic E-state index is -0.733. The van der Waals surface area contributed by atoms with Crippen LogP contribution >= 0.6 is 0 Å². The summed E-state index contributed by atoms with van der Waals surface area (Å²) in [5.41, 5.74) is 0. The van der Waals surface area contributed by atoms with Crippen LogP contribution in [0, 0.1) is 0 Å². The SMILES string of the molecule is CCCOC(=O)CCCCCCCC(=O)O. The maximum Gasteiger partial charge on any atom is 0.305 e. The van der Waals surface area contributed by atoms with Gasteiger partial charge in [0, 0.05) is 12.8 Å². The molecule has 0 spiro atoms. The van der Waals surface area contributed by atoms with Crippen molar-refractivity contribution in [3.8, 4) is 0 Å². The van der Waals surface area contributed by atoms with Crippen molar-refractivity contribution in [1.29, 1.82) is 0 Å². The summed E-state index contributed by atoms with van der Waals surface area (Å²) in [5.74, 6) is -0.851. The molecule has 94 valence electrons. The second-order valence-electron chi connectivity index (χ2n) is 3.88. The van der Waals surface area contributed by atoms with E-state index in [2.05, 4.69) is 0 Å². The summed E-state index contributed by atoms with van der Waals surface area (Å²) in [5, 5.41) is 8.41. The lowest BCUT2D eigenvalue weighted by Gasteiger charge is -2.02. The molecule has 0 fully saturated rings. The molecule has 0 aliphatic carbocycles. The molecule has 0 aromatic carbocycles. The molecule has 0 atom stereocenters. The largest absolute Gasteiger partial charge is 0.481 e. The van der Waals surface area contributed by atoms with Crippen molar-refractivity contribution in [2.24, 2.45) is 0 Å². The smallest absolute Gasteiger partial charge is 0.305 e. The third-order valence-corrected chi connectivity index (χ3v) is 2.24. The van der Waals surface area contributed by atoms with Crippen LogP contribution in [-0.4, -0.2) is 23.7 Å². The van der Waals surface area contributed by atoms with Gasteiger partial charge >= 0.3 is 11.9 Å². The Morgan fingerprint density at radius 3 is 2.12 bits per heavy atom. The fourth-order valence-corrected chi connectivity index (χ4v) is 1.36. The van der Waals surface area contributed by atoms with Crippen LogP contribution in [0.1, 0.15) is 58.3 Å². The van der Waals surface area contributed by atoms with Gasteiger partial charge in [0.1, 0.15) is 0 Å². The molecule has 1 N–H and O–H groups in total. The highest BCUT2D eigenvalue weighted by Gasteiger charge is 2.01. The van der Waals surface area contributed by atoms with Gasteiger partial charge in [-0.3, -0.25) is 9.59 Å². The molecule has 0 saturated heterocycles. The van der Waals surface area contributed by atoms with E-state index in [1.165, 1.54) is 0 Å². The van der Waals surface area contributed by atoms with Gasteiger partial charge in [-0.05, 0) is 19.3 Å². The van der Waals surface area contributed by atoms with Gasteiger partial charge in [0.15, 0.2) is 0 Å². The van der Waals surface area contributed by atoms with Crippen LogP contribution < -0.4 is 0 Å². The summed E-state index contributed by atoms with van der Waals surface area (Å²) in [6.07, 6.45) is 6.06. The van der Waals surface area contributed by atoms with Crippen LogP contribution in [0.25, 0.3) is 0 Å². The minimum absolute atomic E-state index is 0.118. The van der Waals surface area contributed by atoms with E-state index in [4.69, 9.17) is 9.84 Å². The number of ether oxygens (including phenoxy) is 1. The summed E-state index contributed by atoms with van der Waals surface area (Å²) in [6.45, 7) is 2.48. The van der Waals surface area contributed by atoms with Gasteiger partial charge in [0.2, 0.25) is 0 Å². The van der Waals surface area contributed by atoms with E-state index in [0.29, 0.717) is 13.0 Å². The summed E-state index contributed by atoms with van der Waals surface area (Å²) in [6, 6.07) is 0. The highest BCUT2D eigenvalue weighted by molar-refractivity contribution is 5.69. The maximum absolute atomic E-state index is 11.1. The van der Waals surface area contributed by atoms with E-state index in [9.17, 15) is 9.59 Å². The third kappa shape index (κ3) is 11.0. The first-order valence-electron chi connectivity index (χ1n) is 6.04. The molecule has 0 aliphatic rings. The lowest BCUT2D eigenvalue weighted by atomic mass is 10.1. The molecular formula is C12H22O4. The number of hydrogen-bond acceptors (Lipinski definition) is 3. The number of carboxylic acids is 1. The monoisotopic (exact) mass is 230 g/mol. The van der Waals surface area contributed by atoms with Crippen molar-refractivity contribution in [2.75, 3.05) is 6.61 Å². The van der Waals surface area contributed by atoms with Crippen molar-refractivity contribution in [3.63, 3.8) is 0 Å². The molecule has 4 nitrogen and oxygen atoms in total. The van der Waals surface area contributed by atoms with Crippen LogP contribution in [-0.2, 0) is 14.3 Å². The molecule has 0 rings (SSSR count). The fraction of sp³-hybridized carbons (Fsp3) is 0.833. The quantitative estimate of drug-likeness (QED) is 0.463. The molecule has 0 bridgehead atoms. The van der Waals surface area contributed by atoms with Crippen LogP contribution in [0.4, 0.5) is 0 Å². The standard InChI is InChI=1S/C12H22O4/c1-2-10-16-12(15)9-7-5-3-4-6-8-11(13)14/h2-10H2,1H3,(H,13,14). The Hall–Kier alpha value is -1.06. The third-order valence-electron chi connectivity index (χ3n) is 2.24. The number of carbonyl (C=O) groups is 2. The molecule has 0 amide bonds. The first kappa shape index (κ1) is 14.9. The van der Waals surface area contributed by atoms with Crippen LogP contribution in [0.5, 0.6) is 0 Å². The molecule has 0 aromatic rings. The fourth-order valence-electron chi connectivity index (χ4n) is 1.36. The minimum Gasteiger partial charge on any atom is -0.481 e. The van der Waals surface area contributed by atoms with Crippen LogP contribution in [0.3, 0.4) is 0 Å². The van der Waals surface area contributed by atoms with Gasteiger partial charge in [-0.2, -0.15) is 0 Å². The van der Waals surface area contributed by atoms with Crippen molar-refractivity contribution in [3.05, 3.63) is 0 Å². The predicted octanol–water partition coefficient (Wildman–Crippen LogP) is 2.75. The Labute approximate surface area is 97.0 Å². The molecule has 0 saturated carbocycles. The van der Waals surface area contributed by atoms with E-state index in [0.717, 1.165) is 38.5 Å². The predicted molar refractivity (Wildman–Crippen MR) is 61.2 cm³/mol. The lowest BCUT2D eigenvalue weighted by molar-refractivity contribution is -0.143. The molecule has 0 heterocycles. The average Bonchev–Trinajstić information content (AvgIpc) is 2.24. The molecule has 0 unspecified atom stereocenters. The summed E-state index contributed by atoms with van der Waals surface area (Å²) in [7, 11) is 0. The van der Waals surface area contributed by atoms with Gasteiger partial charge in [-0.25, -0.2) is 0 Å². The molecular weight excluding hydrogens is 208 g/mol. The second-order valence-corrected chi connectivity index (χ2v) is 3.88. The zero-order valence-corrected chi connectivity index (χ0v) is 10.0. The maximum atomic E-state index is 11.1.